The molecular weight excluding hydrogens is 300 g/mol. The number of hydrogen-bond acceptors (Lipinski definition) is 2. The minimum Gasteiger partial charge on any atom is -0.489 e. The van der Waals surface area contributed by atoms with E-state index in [-0.39, 0.29) is 6.42 Å². The van der Waals surface area contributed by atoms with Crippen LogP contribution in [0.25, 0.3) is 10.8 Å². The average molecular weight is 320 g/mol. The molecule has 0 amide bonds. The van der Waals surface area contributed by atoms with Crippen LogP contribution < -0.4 is 4.74 Å². The van der Waals surface area contributed by atoms with Crippen molar-refractivity contribution in [2.24, 2.45) is 0 Å². The smallest absolute Gasteiger partial charge is 0.303 e. The van der Waals surface area contributed by atoms with Crippen LogP contribution in [0.15, 0.2) is 66.7 Å². The molecule has 0 radical (unpaired) electrons. The lowest BCUT2D eigenvalue weighted by molar-refractivity contribution is -0.137. The van der Waals surface area contributed by atoms with E-state index < -0.39 is 5.97 Å². The Morgan fingerprint density at radius 2 is 1.58 bits per heavy atom. The second kappa shape index (κ2) is 7.64. The third-order valence-corrected chi connectivity index (χ3v) is 4.07. The topological polar surface area (TPSA) is 46.5 Å². The maximum Gasteiger partial charge on any atom is 0.303 e. The number of para-hydroxylation sites is 1. The summed E-state index contributed by atoms with van der Waals surface area (Å²) in [5.74, 6) is 0.0694. The van der Waals surface area contributed by atoms with Crippen molar-refractivity contribution < 1.29 is 14.6 Å². The molecule has 3 aromatic carbocycles. The van der Waals surface area contributed by atoms with Crippen molar-refractivity contribution in [2.75, 3.05) is 0 Å². The SMILES string of the molecule is O=C(O)CCCc1ccccc1OCc1cccc2ccccc12. The molecule has 3 nitrogen and oxygen atoms in total. The Hall–Kier alpha value is -2.81. The second-order valence-corrected chi connectivity index (χ2v) is 5.78. The summed E-state index contributed by atoms with van der Waals surface area (Å²) in [7, 11) is 0. The van der Waals surface area contributed by atoms with Crippen molar-refractivity contribution in [3.63, 3.8) is 0 Å². The highest BCUT2D eigenvalue weighted by Crippen LogP contribution is 2.24. The van der Waals surface area contributed by atoms with Gasteiger partial charge in [0.2, 0.25) is 0 Å². The monoisotopic (exact) mass is 320 g/mol. The van der Waals surface area contributed by atoms with Crippen LogP contribution in [-0.2, 0) is 17.8 Å². The van der Waals surface area contributed by atoms with E-state index in [9.17, 15) is 4.79 Å². The molecule has 0 saturated heterocycles. The summed E-state index contributed by atoms with van der Waals surface area (Å²) in [5.41, 5.74) is 2.20. The number of aliphatic carboxylic acids is 1. The number of hydrogen-bond donors (Lipinski definition) is 1. The van der Waals surface area contributed by atoms with Crippen molar-refractivity contribution in [1.82, 2.24) is 0 Å². The van der Waals surface area contributed by atoms with Crippen LogP contribution in [0.1, 0.15) is 24.0 Å². The van der Waals surface area contributed by atoms with Crippen molar-refractivity contribution in [3.05, 3.63) is 77.9 Å². The molecule has 3 aromatic rings. The highest BCUT2D eigenvalue weighted by Gasteiger charge is 2.06. The Labute approximate surface area is 141 Å². The first-order valence-electron chi connectivity index (χ1n) is 8.13. The molecule has 0 bridgehead atoms. The number of carboxylic acids is 1. The summed E-state index contributed by atoms with van der Waals surface area (Å²) in [5, 5.41) is 11.2. The molecule has 0 atom stereocenters. The van der Waals surface area contributed by atoms with Crippen LogP contribution in [0.4, 0.5) is 0 Å². The van der Waals surface area contributed by atoms with E-state index >= 15 is 0 Å². The largest absolute Gasteiger partial charge is 0.489 e. The van der Waals surface area contributed by atoms with Gasteiger partial charge in [-0.3, -0.25) is 4.79 Å². The predicted molar refractivity (Wildman–Crippen MR) is 95.3 cm³/mol. The summed E-state index contributed by atoms with van der Waals surface area (Å²) < 4.78 is 6.04. The minimum absolute atomic E-state index is 0.178. The number of benzene rings is 3. The van der Waals surface area contributed by atoms with E-state index in [0.29, 0.717) is 19.4 Å². The first-order valence-corrected chi connectivity index (χ1v) is 8.13. The number of ether oxygens (including phenoxy) is 1. The molecule has 3 rings (SSSR count). The molecule has 0 aromatic heterocycles. The van der Waals surface area contributed by atoms with Crippen LogP contribution in [0.5, 0.6) is 5.75 Å². The Bertz CT molecular complexity index is 834. The van der Waals surface area contributed by atoms with Crippen molar-refractivity contribution in [2.45, 2.75) is 25.9 Å². The van der Waals surface area contributed by atoms with Gasteiger partial charge < -0.3 is 9.84 Å². The highest BCUT2D eigenvalue weighted by molar-refractivity contribution is 5.85. The van der Waals surface area contributed by atoms with E-state index in [1.54, 1.807) is 0 Å². The molecule has 0 heterocycles. The zero-order valence-electron chi connectivity index (χ0n) is 13.4. The lowest BCUT2D eigenvalue weighted by Crippen LogP contribution is -2.01. The van der Waals surface area contributed by atoms with E-state index in [1.165, 1.54) is 10.8 Å². The summed E-state index contributed by atoms with van der Waals surface area (Å²) >= 11 is 0. The van der Waals surface area contributed by atoms with Gasteiger partial charge in [0.1, 0.15) is 12.4 Å². The van der Waals surface area contributed by atoms with Crippen LogP contribution in [-0.4, -0.2) is 11.1 Å². The van der Waals surface area contributed by atoms with E-state index in [0.717, 1.165) is 16.9 Å². The third kappa shape index (κ3) is 3.93. The van der Waals surface area contributed by atoms with E-state index in [4.69, 9.17) is 9.84 Å². The Morgan fingerprint density at radius 1 is 0.875 bits per heavy atom. The van der Waals surface area contributed by atoms with Gasteiger partial charge in [-0.1, -0.05) is 60.7 Å². The molecule has 0 saturated carbocycles. The van der Waals surface area contributed by atoms with Gasteiger partial charge in [-0.25, -0.2) is 0 Å². The quantitative estimate of drug-likeness (QED) is 0.678. The molecule has 122 valence electrons. The molecule has 3 heteroatoms. The summed E-state index contributed by atoms with van der Waals surface area (Å²) in [6.07, 6.45) is 1.50. The fraction of sp³-hybridized carbons (Fsp3) is 0.190. The van der Waals surface area contributed by atoms with Crippen molar-refractivity contribution >= 4 is 16.7 Å². The minimum atomic E-state index is -0.760. The summed E-state index contributed by atoms with van der Waals surface area (Å²) in [6, 6.07) is 22.3. The van der Waals surface area contributed by atoms with Gasteiger partial charge in [-0.2, -0.15) is 0 Å². The average Bonchev–Trinajstić information content (AvgIpc) is 2.60. The van der Waals surface area contributed by atoms with Gasteiger partial charge in [0.15, 0.2) is 0 Å². The first-order chi connectivity index (χ1) is 11.7. The Kier molecular flexibility index (Phi) is 5.12. The number of aryl methyl sites for hydroxylation is 1. The zero-order valence-corrected chi connectivity index (χ0v) is 13.4. The molecule has 0 aliphatic carbocycles. The molecule has 0 aliphatic heterocycles. The molecule has 0 unspecified atom stereocenters. The van der Waals surface area contributed by atoms with Gasteiger partial charge >= 0.3 is 5.97 Å². The first kappa shape index (κ1) is 16.1. The predicted octanol–water partition coefficient (Wildman–Crippen LogP) is 4.83. The van der Waals surface area contributed by atoms with Gasteiger partial charge in [-0.05, 0) is 40.8 Å². The van der Waals surface area contributed by atoms with Crippen LogP contribution >= 0.6 is 0 Å². The van der Waals surface area contributed by atoms with Crippen LogP contribution in [0.3, 0.4) is 0 Å². The lowest BCUT2D eigenvalue weighted by atomic mass is 10.0. The van der Waals surface area contributed by atoms with E-state index in [1.807, 2.05) is 42.5 Å². The number of carboxylic acid groups (broad SMARTS) is 1. The number of carbonyl (C=O) groups is 1. The van der Waals surface area contributed by atoms with Gasteiger partial charge in [-0.15, -0.1) is 0 Å². The molecule has 1 N–H and O–H groups in total. The van der Waals surface area contributed by atoms with E-state index in [2.05, 4.69) is 24.3 Å². The van der Waals surface area contributed by atoms with Gasteiger partial charge in [0.05, 0.1) is 0 Å². The Morgan fingerprint density at radius 3 is 2.46 bits per heavy atom. The fourth-order valence-corrected chi connectivity index (χ4v) is 2.86. The third-order valence-electron chi connectivity index (χ3n) is 4.07. The normalized spacial score (nSPS) is 10.7. The molecule has 24 heavy (non-hydrogen) atoms. The summed E-state index contributed by atoms with van der Waals surface area (Å²) in [4.78, 5) is 10.7. The fourth-order valence-electron chi connectivity index (χ4n) is 2.86. The van der Waals surface area contributed by atoms with Crippen LogP contribution in [0, 0.1) is 0 Å². The maximum absolute atomic E-state index is 10.7. The van der Waals surface area contributed by atoms with Gasteiger partial charge in [0.25, 0.3) is 0 Å². The lowest BCUT2D eigenvalue weighted by Gasteiger charge is -2.12. The Balaban J connectivity index is 1.73. The molecular formula is C21H20O3. The maximum atomic E-state index is 10.7. The highest BCUT2D eigenvalue weighted by atomic mass is 16.5. The molecule has 0 aliphatic rings. The number of rotatable bonds is 7. The number of fused-ring (bicyclic) bond motifs is 1. The summed E-state index contributed by atoms with van der Waals surface area (Å²) in [6.45, 7) is 0.497. The van der Waals surface area contributed by atoms with Crippen molar-refractivity contribution in [1.29, 1.82) is 0 Å². The molecule has 0 spiro atoms. The zero-order chi connectivity index (χ0) is 16.8. The standard InChI is InChI=1S/C21H20O3/c22-21(23)14-6-10-17-8-2-4-13-20(17)24-15-18-11-5-9-16-7-1-3-12-19(16)18/h1-5,7-9,11-13H,6,10,14-15H2,(H,22,23). The van der Waals surface area contributed by atoms with Crippen molar-refractivity contribution in [3.8, 4) is 5.75 Å². The molecule has 0 fully saturated rings. The second-order valence-electron chi connectivity index (χ2n) is 5.78. The van der Waals surface area contributed by atoms with Crippen LogP contribution in [0.2, 0.25) is 0 Å². The van der Waals surface area contributed by atoms with Gasteiger partial charge in [0, 0.05) is 6.42 Å².